The Balaban J connectivity index is 1.31. The number of hydrogen-bond acceptors (Lipinski definition) is 8. The summed E-state index contributed by atoms with van der Waals surface area (Å²) in [6.45, 7) is 2.72. The van der Waals surface area contributed by atoms with E-state index in [1.165, 1.54) is 40.4 Å². The maximum atomic E-state index is 12.7. The van der Waals surface area contributed by atoms with Crippen LogP contribution in [0.3, 0.4) is 0 Å². The van der Waals surface area contributed by atoms with E-state index in [1.54, 1.807) is 29.3 Å². The quantitative estimate of drug-likeness (QED) is 0.576. The highest BCUT2D eigenvalue weighted by Crippen LogP contribution is 2.20. The van der Waals surface area contributed by atoms with Gasteiger partial charge in [0.15, 0.2) is 5.13 Å². The van der Waals surface area contributed by atoms with Crippen LogP contribution >= 0.6 is 11.3 Å². The lowest BCUT2D eigenvalue weighted by molar-refractivity contribution is -0.131. The van der Waals surface area contributed by atoms with Crippen LogP contribution in [0.2, 0.25) is 0 Å². The van der Waals surface area contributed by atoms with Gasteiger partial charge in [-0.2, -0.15) is 4.31 Å². The molecule has 0 saturated carbocycles. The predicted octanol–water partition coefficient (Wildman–Crippen LogP) is 1.77. The van der Waals surface area contributed by atoms with Gasteiger partial charge in [-0.1, -0.05) is 0 Å². The number of thiazole rings is 1. The molecule has 2 amide bonds. The Kier molecular flexibility index (Phi) is 6.35. The molecular formula is C20H21N5O5S2. The maximum absolute atomic E-state index is 12.7. The normalized spacial score (nSPS) is 15.0. The number of sulfonamides is 1. The third-order valence-corrected chi connectivity index (χ3v) is 7.76. The number of aryl methyl sites for hydroxylation is 1. The number of hydrogen-bond donors (Lipinski definition) is 1. The average molecular weight is 476 g/mol. The number of aromatic nitrogens is 2. The van der Waals surface area contributed by atoms with Crippen LogP contribution in [0, 0.1) is 6.92 Å². The lowest BCUT2D eigenvalue weighted by Gasteiger charge is -2.33. The fourth-order valence-electron chi connectivity index (χ4n) is 3.32. The van der Waals surface area contributed by atoms with Crippen LogP contribution in [0.4, 0.5) is 5.13 Å². The SMILES string of the molecule is Cc1occc1C(=O)Nc1nc(CC(=O)N2CCN(S(=O)(=O)c3cccnc3)CC2)cs1. The number of pyridine rings is 1. The highest BCUT2D eigenvalue weighted by molar-refractivity contribution is 7.89. The van der Waals surface area contributed by atoms with Gasteiger partial charge in [0, 0.05) is 44.0 Å². The van der Waals surface area contributed by atoms with Crippen LogP contribution in [-0.2, 0) is 21.2 Å². The summed E-state index contributed by atoms with van der Waals surface area (Å²) in [7, 11) is -3.62. The van der Waals surface area contributed by atoms with Gasteiger partial charge >= 0.3 is 0 Å². The number of furan rings is 1. The molecule has 1 aliphatic heterocycles. The van der Waals surface area contributed by atoms with Gasteiger partial charge in [-0.25, -0.2) is 13.4 Å². The second-order valence-electron chi connectivity index (χ2n) is 7.14. The van der Waals surface area contributed by atoms with Crippen LogP contribution in [0.15, 0.2) is 51.5 Å². The van der Waals surface area contributed by atoms with Crippen molar-refractivity contribution in [2.45, 2.75) is 18.2 Å². The standard InChI is InChI=1S/C20H21N5O5S2/c1-14-17(4-10-30-14)19(27)23-20-22-15(13-31-20)11-18(26)24-6-8-25(9-7-24)32(28,29)16-3-2-5-21-12-16/h2-5,10,12-13H,6-9,11H2,1H3,(H,22,23,27). The van der Waals surface area contributed by atoms with E-state index >= 15 is 0 Å². The van der Waals surface area contributed by atoms with E-state index in [9.17, 15) is 18.0 Å². The number of rotatable bonds is 6. The minimum Gasteiger partial charge on any atom is -0.469 e. The van der Waals surface area contributed by atoms with Gasteiger partial charge in [-0.3, -0.25) is 19.9 Å². The summed E-state index contributed by atoms with van der Waals surface area (Å²) in [5.74, 6) is 0.0471. The maximum Gasteiger partial charge on any atom is 0.260 e. The zero-order valence-corrected chi connectivity index (χ0v) is 18.9. The van der Waals surface area contributed by atoms with Crippen molar-refractivity contribution in [2.75, 3.05) is 31.5 Å². The molecule has 1 saturated heterocycles. The summed E-state index contributed by atoms with van der Waals surface area (Å²) in [6.07, 6.45) is 4.35. The van der Waals surface area contributed by atoms with Crippen molar-refractivity contribution in [3.63, 3.8) is 0 Å². The van der Waals surface area contributed by atoms with Crippen LogP contribution in [0.25, 0.3) is 0 Å². The molecule has 32 heavy (non-hydrogen) atoms. The Morgan fingerprint density at radius 1 is 1.22 bits per heavy atom. The molecule has 0 atom stereocenters. The third-order valence-electron chi connectivity index (χ3n) is 5.07. The molecule has 1 aliphatic rings. The fraction of sp³-hybridized carbons (Fsp3) is 0.300. The molecule has 0 spiro atoms. The first-order chi connectivity index (χ1) is 15.3. The lowest BCUT2D eigenvalue weighted by atomic mass is 10.2. The Morgan fingerprint density at radius 2 is 2.00 bits per heavy atom. The number of nitrogens with zero attached hydrogens (tertiary/aromatic N) is 4. The summed E-state index contributed by atoms with van der Waals surface area (Å²) in [6, 6.07) is 4.66. The molecule has 3 aromatic rings. The smallest absolute Gasteiger partial charge is 0.260 e. The van der Waals surface area contributed by atoms with Gasteiger partial charge in [0.1, 0.15) is 10.7 Å². The van der Waals surface area contributed by atoms with Crippen molar-refractivity contribution in [3.8, 4) is 0 Å². The first-order valence-corrected chi connectivity index (χ1v) is 12.1. The molecule has 1 N–H and O–H groups in total. The summed E-state index contributed by atoms with van der Waals surface area (Å²) >= 11 is 1.23. The van der Waals surface area contributed by atoms with Crippen molar-refractivity contribution >= 4 is 38.3 Å². The molecule has 10 nitrogen and oxygen atoms in total. The van der Waals surface area contributed by atoms with E-state index in [4.69, 9.17) is 4.42 Å². The second kappa shape index (κ2) is 9.18. The van der Waals surface area contributed by atoms with Crippen LogP contribution < -0.4 is 5.32 Å². The van der Waals surface area contributed by atoms with Crippen molar-refractivity contribution in [1.82, 2.24) is 19.2 Å². The molecule has 0 aromatic carbocycles. The Bertz CT molecular complexity index is 1210. The lowest BCUT2D eigenvalue weighted by Crippen LogP contribution is -2.50. The minimum atomic E-state index is -3.62. The summed E-state index contributed by atoms with van der Waals surface area (Å²) in [4.78, 5) is 34.9. The molecule has 12 heteroatoms. The fourth-order valence-corrected chi connectivity index (χ4v) is 5.42. The summed E-state index contributed by atoms with van der Waals surface area (Å²) < 4.78 is 31.9. The van der Waals surface area contributed by atoms with E-state index in [2.05, 4.69) is 15.3 Å². The van der Waals surface area contributed by atoms with Crippen LogP contribution in [0.1, 0.15) is 21.8 Å². The average Bonchev–Trinajstić information content (AvgIpc) is 3.43. The predicted molar refractivity (Wildman–Crippen MR) is 117 cm³/mol. The van der Waals surface area contributed by atoms with Crippen molar-refractivity contribution < 1.29 is 22.4 Å². The van der Waals surface area contributed by atoms with Gasteiger partial charge in [0.2, 0.25) is 15.9 Å². The van der Waals surface area contributed by atoms with Gasteiger partial charge in [-0.15, -0.1) is 11.3 Å². The number of piperazine rings is 1. The van der Waals surface area contributed by atoms with Gasteiger partial charge in [0.25, 0.3) is 5.91 Å². The zero-order chi connectivity index (χ0) is 22.7. The molecule has 0 radical (unpaired) electrons. The number of anilines is 1. The molecule has 0 aliphatic carbocycles. The van der Waals surface area contributed by atoms with Crippen LogP contribution in [0.5, 0.6) is 0 Å². The van der Waals surface area contributed by atoms with E-state index in [-0.39, 0.29) is 36.2 Å². The van der Waals surface area contributed by atoms with Crippen LogP contribution in [-0.4, -0.2) is 65.6 Å². The zero-order valence-electron chi connectivity index (χ0n) is 17.2. The van der Waals surface area contributed by atoms with Crippen molar-refractivity contribution in [2.24, 2.45) is 0 Å². The Labute approximate surface area is 188 Å². The summed E-state index contributed by atoms with van der Waals surface area (Å²) in [5.41, 5.74) is 0.974. The Hall–Kier alpha value is -3.09. The molecule has 168 valence electrons. The van der Waals surface area contributed by atoms with Gasteiger partial charge in [-0.05, 0) is 25.1 Å². The minimum absolute atomic E-state index is 0.0759. The van der Waals surface area contributed by atoms with E-state index in [1.807, 2.05) is 0 Å². The molecule has 4 heterocycles. The third kappa shape index (κ3) is 4.71. The number of nitrogens with one attached hydrogen (secondary N) is 1. The molecule has 4 rings (SSSR count). The molecule has 1 fully saturated rings. The largest absolute Gasteiger partial charge is 0.469 e. The van der Waals surface area contributed by atoms with E-state index < -0.39 is 10.0 Å². The summed E-state index contributed by atoms with van der Waals surface area (Å²) in [5, 5.41) is 4.82. The molecule has 0 bridgehead atoms. The monoisotopic (exact) mass is 475 g/mol. The highest BCUT2D eigenvalue weighted by atomic mass is 32.2. The topological polar surface area (TPSA) is 126 Å². The molecule has 0 unspecified atom stereocenters. The first-order valence-electron chi connectivity index (χ1n) is 9.82. The second-order valence-corrected chi connectivity index (χ2v) is 9.93. The van der Waals surface area contributed by atoms with E-state index in [0.29, 0.717) is 35.2 Å². The van der Waals surface area contributed by atoms with Crippen molar-refractivity contribution in [1.29, 1.82) is 0 Å². The van der Waals surface area contributed by atoms with Crippen molar-refractivity contribution in [3.05, 3.63) is 59.3 Å². The van der Waals surface area contributed by atoms with Gasteiger partial charge in [0.05, 0.1) is 23.9 Å². The molecule has 3 aromatic heterocycles. The van der Waals surface area contributed by atoms with Gasteiger partial charge < -0.3 is 9.32 Å². The Morgan fingerprint density at radius 3 is 2.66 bits per heavy atom. The first kappa shape index (κ1) is 22.1. The number of carbonyl (C=O) groups is 2. The number of carbonyl (C=O) groups excluding carboxylic acids is 2. The molecular weight excluding hydrogens is 454 g/mol. The highest BCUT2D eigenvalue weighted by Gasteiger charge is 2.30. The number of amides is 2. The van der Waals surface area contributed by atoms with E-state index in [0.717, 1.165) is 0 Å².